The Hall–Kier alpha value is -1.75. The van der Waals surface area contributed by atoms with Gasteiger partial charge in [-0.25, -0.2) is 4.98 Å². The van der Waals surface area contributed by atoms with Gasteiger partial charge in [0, 0.05) is 36.8 Å². The Morgan fingerprint density at radius 2 is 2.20 bits per heavy atom. The first kappa shape index (κ1) is 14.7. The van der Waals surface area contributed by atoms with E-state index < -0.39 is 0 Å². The zero-order chi connectivity index (χ0) is 14.7. The number of likely N-dealkylation sites (N-methyl/N-ethyl adjacent to an activating group) is 1. The summed E-state index contributed by atoms with van der Waals surface area (Å²) in [4.78, 5) is 22.6. The maximum Gasteiger partial charge on any atom is 0.273 e. The van der Waals surface area contributed by atoms with Crippen LogP contribution in [0.5, 0.6) is 0 Å². The van der Waals surface area contributed by atoms with Gasteiger partial charge in [0.15, 0.2) is 0 Å². The molecule has 20 heavy (non-hydrogen) atoms. The quantitative estimate of drug-likeness (QED) is 0.869. The molecule has 4 nitrogen and oxygen atoms in total. The molecule has 0 aliphatic carbocycles. The molecule has 0 spiro atoms. The average Bonchev–Trinajstić information content (AvgIpc) is 2.83. The van der Waals surface area contributed by atoms with E-state index in [4.69, 9.17) is 0 Å². The van der Waals surface area contributed by atoms with Crippen molar-refractivity contribution in [2.75, 3.05) is 7.05 Å². The number of nitrogens with zero attached hydrogens (tertiary/aromatic N) is 3. The van der Waals surface area contributed by atoms with Gasteiger partial charge >= 0.3 is 0 Å². The fourth-order valence-corrected chi connectivity index (χ4v) is 2.58. The van der Waals surface area contributed by atoms with Gasteiger partial charge in [-0.05, 0) is 38.5 Å². The van der Waals surface area contributed by atoms with Crippen molar-refractivity contribution in [1.82, 2.24) is 14.9 Å². The van der Waals surface area contributed by atoms with Crippen LogP contribution in [0, 0.1) is 13.8 Å². The second-order valence-corrected chi connectivity index (χ2v) is 6.11. The fourth-order valence-electron chi connectivity index (χ4n) is 1.99. The Morgan fingerprint density at radius 3 is 2.80 bits per heavy atom. The van der Waals surface area contributed by atoms with Gasteiger partial charge in [0.2, 0.25) is 0 Å². The molecule has 0 fully saturated rings. The molecule has 1 atom stereocenters. The van der Waals surface area contributed by atoms with E-state index >= 15 is 0 Å². The van der Waals surface area contributed by atoms with Crippen LogP contribution in [0.25, 0.3) is 0 Å². The minimum absolute atomic E-state index is 0.0329. The molecule has 0 aromatic carbocycles. The summed E-state index contributed by atoms with van der Waals surface area (Å²) in [5, 5.41) is 2.72. The number of thiazole rings is 1. The zero-order valence-corrected chi connectivity index (χ0v) is 13.1. The molecule has 1 amide bonds. The Kier molecular flexibility index (Phi) is 4.49. The first-order valence-electron chi connectivity index (χ1n) is 6.58. The van der Waals surface area contributed by atoms with Crippen LogP contribution in [0.4, 0.5) is 0 Å². The van der Waals surface area contributed by atoms with E-state index in [1.165, 1.54) is 16.9 Å². The summed E-state index contributed by atoms with van der Waals surface area (Å²) in [6, 6.07) is 4.11. The molecule has 0 saturated heterocycles. The number of aryl methyl sites for hydroxylation is 2. The molecule has 2 rings (SSSR count). The molecule has 0 N–H and O–H groups in total. The Bertz CT molecular complexity index is 609. The van der Waals surface area contributed by atoms with Crippen molar-refractivity contribution in [3.8, 4) is 0 Å². The summed E-state index contributed by atoms with van der Waals surface area (Å²) >= 11 is 1.50. The van der Waals surface area contributed by atoms with Crippen LogP contribution in [0.3, 0.4) is 0 Å². The number of hydrogen-bond donors (Lipinski definition) is 0. The number of aromatic nitrogens is 2. The maximum absolute atomic E-state index is 12.3. The minimum atomic E-state index is -0.0329. The highest BCUT2D eigenvalue weighted by Gasteiger charge is 2.20. The number of amides is 1. The van der Waals surface area contributed by atoms with Crippen molar-refractivity contribution in [1.29, 1.82) is 0 Å². The van der Waals surface area contributed by atoms with Crippen LogP contribution >= 0.6 is 11.3 Å². The lowest BCUT2D eigenvalue weighted by atomic mass is 10.1. The third-order valence-corrected chi connectivity index (χ3v) is 4.07. The van der Waals surface area contributed by atoms with E-state index in [1.807, 2.05) is 45.5 Å². The highest BCUT2D eigenvalue weighted by Crippen LogP contribution is 2.13. The second kappa shape index (κ2) is 6.13. The summed E-state index contributed by atoms with van der Waals surface area (Å²) in [5.74, 6) is -0.0329. The van der Waals surface area contributed by atoms with Crippen LogP contribution in [-0.4, -0.2) is 33.9 Å². The molecule has 106 valence electrons. The standard InChI is InChI=1S/C15H19N3OS/c1-10-5-6-16-13(7-10)8-11(2)18(4)15(19)14-9-20-12(3)17-14/h5-7,9,11H,8H2,1-4H3/t11-/m1/s1. The number of hydrogen-bond acceptors (Lipinski definition) is 4. The smallest absolute Gasteiger partial charge is 0.273 e. The van der Waals surface area contributed by atoms with Crippen LogP contribution in [0.15, 0.2) is 23.7 Å². The fraction of sp³-hybridized carbons (Fsp3) is 0.400. The molecule has 0 saturated carbocycles. The van der Waals surface area contributed by atoms with Gasteiger partial charge < -0.3 is 4.90 Å². The third-order valence-electron chi connectivity index (χ3n) is 3.30. The van der Waals surface area contributed by atoms with Gasteiger partial charge in [-0.3, -0.25) is 9.78 Å². The normalized spacial score (nSPS) is 12.2. The second-order valence-electron chi connectivity index (χ2n) is 5.05. The van der Waals surface area contributed by atoms with Gasteiger partial charge in [0.1, 0.15) is 5.69 Å². The van der Waals surface area contributed by atoms with Crippen molar-refractivity contribution >= 4 is 17.2 Å². The molecule has 2 heterocycles. The lowest BCUT2D eigenvalue weighted by Crippen LogP contribution is -2.36. The molecular weight excluding hydrogens is 270 g/mol. The van der Waals surface area contributed by atoms with E-state index in [0.29, 0.717) is 5.69 Å². The Labute approximate surface area is 123 Å². The van der Waals surface area contributed by atoms with E-state index in [0.717, 1.165) is 17.1 Å². The van der Waals surface area contributed by atoms with Crippen molar-refractivity contribution in [2.45, 2.75) is 33.2 Å². The van der Waals surface area contributed by atoms with Crippen molar-refractivity contribution < 1.29 is 4.79 Å². The predicted molar refractivity (Wildman–Crippen MR) is 81.1 cm³/mol. The summed E-state index contributed by atoms with van der Waals surface area (Å²) in [6.45, 7) is 5.98. The molecule has 2 aromatic heterocycles. The molecule has 0 unspecified atom stereocenters. The van der Waals surface area contributed by atoms with Crippen LogP contribution in [0.2, 0.25) is 0 Å². The molecule has 0 aliphatic heterocycles. The van der Waals surface area contributed by atoms with Crippen molar-refractivity contribution in [3.05, 3.63) is 45.7 Å². The molecule has 0 aliphatic rings. The van der Waals surface area contributed by atoms with Crippen molar-refractivity contribution in [3.63, 3.8) is 0 Å². The molecule has 0 bridgehead atoms. The Morgan fingerprint density at radius 1 is 1.45 bits per heavy atom. The van der Waals surface area contributed by atoms with E-state index in [2.05, 4.69) is 16.0 Å². The zero-order valence-electron chi connectivity index (χ0n) is 12.3. The minimum Gasteiger partial charge on any atom is -0.337 e. The summed E-state index contributed by atoms with van der Waals surface area (Å²) in [6.07, 6.45) is 2.55. The van der Waals surface area contributed by atoms with Gasteiger partial charge in [-0.2, -0.15) is 0 Å². The number of carbonyl (C=O) groups excluding carboxylic acids is 1. The highest BCUT2D eigenvalue weighted by molar-refractivity contribution is 7.09. The lowest BCUT2D eigenvalue weighted by Gasteiger charge is -2.24. The average molecular weight is 289 g/mol. The van der Waals surface area contributed by atoms with Gasteiger partial charge in [-0.15, -0.1) is 11.3 Å². The van der Waals surface area contributed by atoms with E-state index in [9.17, 15) is 4.79 Å². The maximum atomic E-state index is 12.3. The van der Waals surface area contributed by atoms with E-state index in [-0.39, 0.29) is 11.9 Å². The topological polar surface area (TPSA) is 46.1 Å². The summed E-state index contributed by atoms with van der Waals surface area (Å²) < 4.78 is 0. The van der Waals surface area contributed by atoms with E-state index in [1.54, 1.807) is 4.90 Å². The first-order chi connectivity index (χ1) is 9.47. The Balaban J connectivity index is 2.05. The summed E-state index contributed by atoms with van der Waals surface area (Å²) in [5.41, 5.74) is 2.72. The summed E-state index contributed by atoms with van der Waals surface area (Å²) in [7, 11) is 1.82. The SMILES string of the molecule is Cc1ccnc(C[C@@H](C)N(C)C(=O)c2csc(C)n2)c1. The van der Waals surface area contributed by atoms with Crippen LogP contribution in [0.1, 0.15) is 33.7 Å². The number of carbonyl (C=O) groups is 1. The number of pyridine rings is 1. The monoisotopic (exact) mass is 289 g/mol. The van der Waals surface area contributed by atoms with Crippen LogP contribution in [-0.2, 0) is 6.42 Å². The predicted octanol–water partition coefficient (Wildman–Crippen LogP) is 2.86. The third kappa shape index (κ3) is 3.42. The van der Waals surface area contributed by atoms with Gasteiger partial charge in [-0.1, -0.05) is 0 Å². The highest BCUT2D eigenvalue weighted by atomic mass is 32.1. The van der Waals surface area contributed by atoms with Gasteiger partial charge in [0.05, 0.1) is 5.01 Å². The molecule has 0 radical (unpaired) electrons. The first-order valence-corrected chi connectivity index (χ1v) is 7.46. The molecule has 5 heteroatoms. The van der Waals surface area contributed by atoms with Crippen molar-refractivity contribution in [2.24, 2.45) is 0 Å². The van der Waals surface area contributed by atoms with Gasteiger partial charge in [0.25, 0.3) is 5.91 Å². The lowest BCUT2D eigenvalue weighted by molar-refractivity contribution is 0.0737. The number of rotatable bonds is 4. The molecule has 2 aromatic rings. The molecular formula is C15H19N3OS. The van der Waals surface area contributed by atoms with Crippen LogP contribution < -0.4 is 0 Å². The largest absolute Gasteiger partial charge is 0.337 e.